The Morgan fingerprint density at radius 2 is 2.00 bits per heavy atom. The first-order valence-electron chi connectivity index (χ1n) is 9.37. The first-order valence-corrected chi connectivity index (χ1v) is 10.6. The van der Waals surface area contributed by atoms with E-state index in [2.05, 4.69) is 15.5 Å². The van der Waals surface area contributed by atoms with Crippen molar-refractivity contribution in [1.82, 2.24) is 20.1 Å². The molecule has 1 amide bonds. The molecule has 0 bridgehead atoms. The number of hydrogen-bond donors (Lipinski definition) is 1. The van der Waals surface area contributed by atoms with Crippen LogP contribution in [0.2, 0.25) is 5.02 Å². The fourth-order valence-electron chi connectivity index (χ4n) is 3.01. The molecule has 2 aromatic carbocycles. The van der Waals surface area contributed by atoms with E-state index in [-0.39, 0.29) is 11.2 Å². The average Bonchev–Trinajstić information content (AvgIpc) is 3.43. The topological polar surface area (TPSA) is 59.8 Å². The van der Waals surface area contributed by atoms with Gasteiger partial charge in [0, 0.05) is 23.2 Å². The van der Waals surface area contributed by atoms with Crippen LogP contribution in [0.15, 0.2) is 59.8 Å². The van der Waals surface area contributed by atoms with Crippen LogP contribution in [0.3, 0.4) is 0 Å². The Hall–Kier alpha value is -2.31. The Balaban J connectivity index is 1.65. The largest absolute Gasteiger partial charge is 0.352 e. The maximum atomic E-state index is 12.9. The lowest BCUT2D eigenvalue weighted by molar-refractivity contribution is -0.120. The standard InChI is InChI=1S/C21H21ClN4OS/c1-2-26-19(15-9-6-10-16(22)13-15)24-25-21(26)28-18(14-7-4-3-5-8-14)20(27)23-17-11-12-17/h3-10,13,17-18H,2,11-12H2,1H3,(H,23,27). The number of aromatic nitrogens is 3. The van der Waals surface area contributed by atoms with Gasteiger partial charge in [-0.15, -0.1) is 10.2 Å². The average molecular weight is 413 g/mol. The van der Waals surface area contributed by atoms with Crippen LogP contribution in [0, 0.1) is 0 Å². The minimum absolute atomic E-state index is 0.0219. The van der Waals surface area contributed by atoms with Crippen LogP contribution in [0.25, 0.3) is 11.4 Å². The summed E-state index contributed by atoms with van der Waals surface area (Å²) in [7, 11) is 0. The number of benzene rings is 2. The molecule has 5 nitrogen and oxygen atoms in total. The maximum Gasteiger partial charge on any atom is 0.238 e. The van der Waals surface area contributed by atoms with E-state index in [4.69, 9.17) is 11.6 Å². The van der Waals surface area contributed by atoms with Gasteiger partial charge in [0.25, 0.3) is 0 Å². The van der Waals surface area contributed by atoms with Crippen LogP contribution >= 0.6 is 23.4 Å². The second-order valence-corrected chi connectivity index (χ2v) is 8.26. The molecule has 0 radical (unpaired) electrons. The van der Waals surface area contributed by atoms with E-state index in [1.54, 1.807) is 0 Å². The van der Waals surface area contributed by atoms with Gasteiger partial charge in [-0.25, -0.2) is 0 Å². The van der Waals surface area contributed by atoms with Crippen LogP contribution < -0.4 is 5.32 Å². The molecule has 144 valence electrons. The SMILES string of the molecule is CCn1c(SC(C(=O)NC2CC2)c2ccccc2)nnc1-c1cccc(Cl)c1. The fourth-order valence-corrected chi connectivity index (χ4v) is 4.31. The summed E-state index contributed by atoms with van der Waals surface area (Å²) in [4.78, 5) is 12.9. The van der Waals surface area contributed by atoms with Gasteiger partial charge in [-0.3, -0.25) is 4.79 Å². The van der Waals surface area contributed by atoms with Crippen molar-refractivity contribution in [3.63, 3.8) is 0 Å². The third-order valence-corrected chi connectivity index (χ3v) is 6.07. The zero-order chi connectivity index (χ0) is 19.5. The van der Waals surface area contributed by atoms with Crippen molar-refractivity contribution in [2.75, 3.05) is 0 Å². The van der Waals surface area contributed by atoms with Crippen molar-refractivity contribution < 1.29 is 4.79 Å². The highest BCUT2D eigenvalue weighted by molar-refractivity contribution is 8.00. The third kappa shape index (κ3) is 4.23. The fraction of sp³-hybridized carbons (Fsp3) is 0.286. The number of carbonyl (C=O) groups is 1. The summed E-state index contributed by atoms with van der Waals surface area (Å²) < 4.78 is 2.02. The van der Waals surface area contributed by atoms with E-state index >= 15 is 0 Å². The van der Waals surface area contributed by atoms with Crippen LogP contribution in [-0.4, -0.2) is 26.7 Å². The summed E-state index contributed by atoms with van der Waals surface area (Å²) in [6, 6.07) is 17.7. The molecule has 1 aliphatic rings. The van der Waals surface area contributed by atoms with Gasteiger partial charge in [-0.05, 0) is 37.5 Å². The first-order chi connectivity index (χ1) is 13.7. The summed E-state index contributed by atoms with van der Waals surface area (Å²) in [5.74, 6) is 0.774. The monoisotopic (exact) mass is 412 g/mol. The molecule has 1 unspecified atom stereocenters. The molecule has 28 heavy (non-hydrogen) atoms. The number of thioether (sulfide) groups is 1. The number of rotatable bonds is 7. The van der Waals surface area contributed by atoms with E-state index < -0.39 is 0 Å². The lowest BCUT2D eigenvalue weighted by Gasteiger charge is -2.17. The van der Waals surface area contributed by atoms with Crippen LogP contribution in [0.4, 0.5) is 0 Å². The summed E-state index contributed by atoms with van der Waals surface area (Å²) in [6.07, 6.45) is 2.12. The highest BCUT2D eigenvalue weighted by Gasteiger charge is 2.30. The number of halogens is 1. The van der Waals surface area contributed by atoms with Crippen molar-refractivity contribution in [3.05, 3.63) is 65.2 Å². The molecule has 0 aliphatic heterocycles. The molecule has 0 spiro atoms. The summed E-state index contributed by atoms with van der Waals surface area (Å²) >= 11 is 7.58. The Labute approximate surface area is 173 Å². The number of nitrogens with one attached hydrogen (secondary N) is 1. The predicted octanol–water partition coefficient (Wildman–Crippen LogP) is 4.73. The molecule has 1 heterocycles. The molecule has 1 saturated carbocycles. The van der Waals surface area contributed by atoms with E-state index in [1.807, 2.05) is 66.1 Å². The molecule has 7 heteroatoms. The molecule has 1 aromatic heterocycles. The van der Waals surface area contributed by atoms with Gasteiger partial charge in [-0.1, -0.05) is 65.8 Å². The lowest BCUT2D eigenvalue weighted by atomic mass is 10.1. The van der Waals surface area contributed by atoms with Gasteiger partial charge in [0.2, 0.25) is 5.91 Å². The number of nitrogens with zero attached hydrogens (tertiary/aromatic N) is 3. The van der Waals surface area contributed by atoms with Gasteiger partial charge in [0.1, 0.15) is 5.25 Å². The zero-order valence-corrected chi connectivity index (χ0v) is 17.1. The zero-order valence-electron chi connectivity index (χ0n) is 15.5. The first kappa shape index (κ1) is 19.0. The number of amides is 1. The van der Waals surface area contributed by atoms with E-state index in [0.717, 1.165) is 34.9 Å². The number of carbonyl (C=O) groups excluding carboxylic acids is 1. The van der Waals surface area contributed by atoms with E-state index in [0.29, 0.717) is 17.6 Å². The van der Waals surface area contributed by atoms with Crippen molar-refractivity contribution in [2.45, 2.75) is 42.8 Å². The molecule has 4 rings (SSSR count). The summed E-state index contributed by atoms with van der Waals surface area (Å²) in [5.41, 5.74) is 1.87. The van der Waals surface area contributed by atoms with Crippen LogP contribution in [-0.2, 0) is 11.3 Å². The molecule has 3 aromatic rings. The minimum Gasteiger partial charge on any atom is -0.352 e. The molecule has 0 saturated heterocycles. The highest BCUT2D eigenvalue weighted by Crippen LogP contribution is 2.37. The Bertz CT molecular complexity index is 972. The molecule has 1 aliphatic carbocycles. The second-order valence-electron chi connectivity index (χ2n) is 6.75. The predicted molar refractivity (Wildman–Crippen MR) is 112 cm³/mol. The normalized spacial score (nSPS) is 14.6. The van der Waals surface area contributed by atoms with Crippen LogP contribution in [0.5, 0.6) is 0 Å². The Morgan fingerprint density at radius 1 is 1.21 bits per heavy atom. The van der Waals surface area contributed by atoms with Crippen molar-refractivity contribution in [3.8, 4) is 11.4 Å². The highest BCUT2D eigenvalue weighted by atomic mass is 35.5. The smallest absolute Gasteiger partial charge is 0.238 e. The van der Waals surface area contributed by atoms with Gasteiger partial charge in [-0.2, -0.15) is 0 Å². The number of hydrogen-bond acceptors (Lipinski definition) is 4. The molecule has 1 fully saturated rings. The second kappa shape index (κ2) is 8.37. The van der Waals surface area contributed by atoms with E-state index in [9.17, 15) is 4.79 Å². The molecular weight excluding hydrogens is 392 g/mol. The lowest BCUT2D eigenvalue weighted by Crippen LogP contribution is -2.30. The van der Waals surface area contributed by atoms with Gasteiger partial charge in [0.15, 0.2) is 11.0 Å². The Kier molecular flexibility index (Phi) is 5.69. The van der Waals surface area contributed by atoms with E-state index in [1.165, 1.54) is 11.8 Å². The third-order valence-electron chi connectivity index (χ3n) is 4.60. The van der Waals surface area contributed by atoms with Gasteiger partial charge in [0.05, 0.1) is 0 Å². The summed E-state index contributed by atoms with van der Waals surface area (Å²) in [5, 5.41) is 12.9. The molecular formula is C21H21ClN4OS. The van der Waals surface area contributed by atoms with Crippen molar-refractivity contribution >= 4 is 29.3 Å². The van der Waals surface area contributed by atoms with Crippen LogP contribution in [0.1, 0.15) is 30.6 Å². The quantitative estimate of drug-likeness (QED) is 0.570. The minimum atomic E-state index is -0.372. The maximum absolute atomic E-state index is 12.9. The van der Waals surface area contributed by atoms with Gasteiger partial charge < -0.3 is 9.88 Å². The van der Waals surface area contributed by atoms with Gasteiger partial charge >= 0.3 is 0 Å². The molecule has 1 atom stereocenters. The Morgan fingerprint density at radius 3 is 2.68 bits per heavy atom. The van der Waals surface area contributed by atoms with Crippen molar-refractivity contribution in [2.24, 2.45) is 0 Å². The van der Waals surface area contributed by atoms with Crippen molar-refractivity contribution in [1.29, 1.82) is 0 Å². The summed E-state index contributed by atoms with van der Waals surface area (Å²) in [6.45, 7) is 2.74. The molecule has 1 N–H and O–H groups in total.